The van der Waals surface area contributed by atoms with Gasteiger partial charge in [0.05, 0.1) is 7.11 Å². The second kappa shape index (κ2) is 5.85. The minimum absolute atomic E-state index is 0.422. The van der Waals surface area contributed by atoms with Crippen LogP contribution in [0.25, 0.3) is 0 Å². The number of hydrogen-bond donors (Lipinski definition) is 1. The van der Waals surface area contributed by atoms with E-state index in [4.69, 9.17) is 15.7 Å². The summed E-state index contributed by atoms with van der Waals surface area (Å²) in [5.74, 6) is 0.584. The van der Waals surface area contributed by atoms with Gasteiger partial charge in [-0.05, 0) is 12.5 Å². The molecule has 1 heterocycles. The van der Waals surface area contributed by atoms with Crippen molar-refractivity contribution >= 4 is 22.0 Å². The number of nitrogens with zero attached hydrogens (tertiary/aromatic N) is 2. The summed E-state index contributed by atoms with van der Waals surface area (Å²) in [6.07, 6.45) is 0. The molecule has 104 valence electrons. The SMILES string of the molecule is COc1c(N(C)Cc2ccc(C)cc2)sc(C#N)c1N. The monoisotopic (exact) mass is 287 g/mol. The molecule has 1 aromatic heterocycles. The number of aryl methyl sites for hydroxylation is 1. The van der Waals surface area contributed by atoms with E-state index in [0.29, 0.717) is 16.3 Å². The smallest absolute Gasteiger partial charge is 0.177 e. The molecule has 0 fully saturated rings. The lowest BCUT2D eigenvalue weighted by atomic mass is 10.1. The van der Waals surface area contributed by atoms with Gasteiger partial charge in [0.1, 0.15) is 21.6 Å². The lowest BCUT2D eigenvalue weighted by Gasteiger charge is -2.18. The van der Waals surface area contributed by atoms with Crippen molar-refractivity contribution < 1.29 is 4.74 Å². The fourth-order valence-corrected chi connectivity index (χ4v) is 2.94. The molecule has 0 bridgehead atoms. The van der Waals surface area contributed by atoms with E-state index in [-0.39, 0.29) is 0 Å². The second-order valence-electron chi connectivity index (χ2n) is 4.64. The Labute approximate surface area is 123 Å². The molecule has 5 heteroatoms. The average molecular weight is 287 g/mol. The topological polar surface area (TPSA) is 62.3 Å². The molecular formula is C15H17N3OS. The van der Waals surface area contributed by atoms with Gasteiger partial charge in [0.2, 0.25) is 0 Å². The van der Waals surface area contributed by atoms with Crippen LogP contribution in [0.3, 0.4) is 0 Å². The molecule has 0 amide bonds. The quantitative estimate of drug-likeness (QED) is 0.938. The summed E-state index contributed by atoms with van der Waals surface area (Å²) in [7, 11) is 3.54. The summed E-state index contributed by atoms with van der Waals surface area (Å²) < 4.78 is 5.33. The predicted molar refractivity (Wildman–Crippen MR) is 83.3 cm³/mol. The van der Waals surface area contributed by atoms with Crippen molar-refractivity contribution in [2.45, 2.75) is 13.5 Å². The van der Waals surface area contributed by atoms with Crippen LogP contribution in [-0.2, 0) is 6.54 Å². The van der Waals surface area contributed by atoms with Gasteiger partial charge in [-0.15, -0.1) is 11.3 Å². The Morgan fingerprint density at radius 1 is 1.35 bits per heavy atom. The fraction of sp³-hybridized carbons (Fsp3) is 0.267. The Morgan fingerprint density at radius 3 is 2.55 bits per heavy atom. The van der Waals surface area contributed by atoms with E-state index in [9.17, 15) is 0 Å². The van der Waals surface area contributed by atoms with Gasteiger partial charge in [-0.3, -0.25) is 0 Å². The van der Waals surface area contributed by atoms with E-state index in [1.54, 1.807) is 7.11 Å². The van der Waals surface area contributed by atoms with Gasteiger partial charge in [-0.2, -0.15) is 5.26 Å². The van der Waals surface area contributed by atoms with Gasteiger partial charge in [0.25, 0.3) is 0 Å². The molecule has 0 radical (unpaired) electrons. The van der Waals surface area contributed by atoms with Gasteiger partial charge >= 0.3 is 0 Å². The van der Waals surface area contributed by atoms with Gasteiger partial charge in [-0.1, -0.05) is 29.8 Å². The maximum atomic E-state index is 9.06. The minimum atomic E-state index is 0.422. The van der Waals surface area contributed by atoms with E-state index in [2.05, 4.69) is 37.3 Å². The van der Waals surface area contributed by atoms with E-state index < -0.39 is 0 Å². The summed E-state index contributed by atoms with van der Waals surface area (Å²) in [5.41, 5.74) is 8.77. The Bertz CT molecular complexity index is 640. The van der Waals surface area contributed by atoms with E-state index in [0.717, 1.165) is 11.5 Å². The molecule has 0 atom stereocenters. The third-order valence-corrected chi connectivity index (χ3v) is 4.28. The molecule has 0 saturated heterocycles. The second-order valence-corrected chi connectivity index (χ2v) is 5.64. The molecule has 0 unspecified atom stereocenters. The normalized spacial score (nSPS) is 10.1. The lowest BCUT2D eigenvalue weighted by molar-refractivity contribution is 0.418. The molecule has 2 rings (SSSR count). The summed E-state index contributed by atoms with van der Waals surface area (Å²) in [6.45, 7) is 2.80. The van der Waals surface area contributed by atoms with Gasteiger partial charge in [0.15, 0.2) is 5.75 Å². The van der Waals surface area contributed by atoms with Crippen molar-refractivity contribution in [2.24, 2.45) is 0 Å². The summed E-state index contributed by atoms with van der Waals surface area (Å²) in [6, 6.07) is 10.5. The Kier molecular flexibility index (Phi) is 4.16. The van der Waals surface area contributed by atoms with Crippen molar-refractivity contribution in [1.29, 1.82) is 5.26 Å². The summed E-state index contributed by atoms with van der Waals surface area (Å²) in [4.78, 5) is 2.54. The van der Waals surface area contributed by atoms with Crippen LogP contribution in [0.4, 0.5) is 10.7 Å². The zero-order valence-corrected chi connectivity index (χ0v) is 12.6. The van der Waals surface area contributed by atoms with E-state index >= 15 is 0 Å². The highest BCUT2D eigenvalue weighted by Gasteiger charge is 2.19. The van der Waals surface area contributed by atoms with E-state index in [1.807, 2.05) is 11.9 Å². The van der Waals surface area contributed by atoms with E-state index in [1.165, 1.54) is 22.5 Å². The first kappa shape index (κ1) is 14.2. The highest BCUT2D eigenvalue weighted by Crippen LogP contribution is 2.44. The maximum absolute atomic E-state index is 9.06. The number of ether oxygens (including phenoxy) is 1. The summed E-state index contributed by atoms with van der Waals surface area (Å²) in [5, 5.41) is 9.94. The molecule has 1 aromatic carbocycles. The standard InChI is InChI=1S/C15H17N3OS/c1-10-4-6-11(7-5-10)9-18(2)15-14(19-3)13(17)12(8-16)20-15/h4-7H,9,17H2,1-3H3. The number of nitrogen functional groups attached to an aromatic ring is 1. The largest absolute Gasteiger partial charge is 0.492 e. The molecule has 0 saturated carbocycles. The Morgan fingerprint density at radius 2 is 2.00 bits per heavy atom. The number of hydrogen-bond acceptors (Lipinski definition) is 5. The number of rotatable bonds is 4. The highest BCUT2D eigenvalue weighted by atomic mass is 32.1. The van der Waals surface area contributed by atoms with Crippen LogP contribution in [0.5, 0.6) is 5.75 Å². The van der Waals surface area contributed by atoms with Crippen molar-refractivity contribution in [3.63, 3.8) is 0 Å². The number of methoxy groups -OCH3 is 1. The number of nitriles is 1. The molecule has 0 aliphatic rings. The first-order chi connectivity index (χ1) is 9.56. The molecular weight excluding hydrogens is 270 g/mol. The van der Waals surface area contributed by atoms with Crippen molar-refractivity contribution in [3.05, 3.63) is 40.3 Å². The molecule has 0 spiro atoms. The van der Waals surface area contributed by atoms with Gasteiger partial charge in [-0.25, -0.2) is 0 Å². The van der Waals surface area contributed by atoms with Gasteiger partial charge < -0.3 is 15.4 Å². The maximum Gasteiger partial charge on any atom is 0.177 e. The van der Waals surface area contributed by atoms with Crippen molar-refractivity contribution in [1.82, 2.24) is 0 Å². The van der Waals surface area contributed by atoms with Crippen molar-refractivity contribution in [3.8, 4) is 11.8 Å². The zero-order chi connectivity index (χ0) is 14.7. The van der Waals surface area contributed by atoms with Crippen LogP contribution in [0.15, 0.2) is 24.3 Å². The molecule has 4 nitrogen and oxygen atoms in total. The van der Waals surface area contributed by atoms with Crippen LogP contribution in [-0.4, -0.2) is 14.2 Å². The predicted octanol–water partition coefficient (Wildman–Crippen LogP) is 3.16. The lowest BCUT2D eigenvalue weighted by Crippen LogP contribution is -2.15. The molecule has 2 N–H and O–H groups in total. The fourth-order valence-electron chi connectivity index (χ4n) is 1.99. The summed E-state index contributed by atoms with van der Waals surface area (Å²) >= 11 is 1.36. The van der Waals surface area contributed by atoms with Crippen LogP contribution in [0.1, 0.15) is 16.0 Å². The minimum Gasteiger partial charge on any atom is -0.492 e. The Balaban J connectivity index is 2.27. The number of anilines is 2. The van der Waals surface area contributed by atoms with Crippen LogP contribution in [0.2, 0.25) is 0 Å². The van der Waals surface area contributed by atoms with Crippen LogP contribution in [0, 0.1) is 18.3 Å². The molecule has 20 heavy (non-hydrogen) atoms. The number of benzene rings is 1. The first-order valence-corrected chi connectivity index (χ1v) is 7.01. The average Bonchev–Trinajstić information content (AvgIpc) is 2.77. The molecule has 0 aliphatic heterocycles. The molecule has 2 aromatic rings. The first-order valence-electron chi connectivity index (χ1n) is 6.19. The zero-order valence-electron chi connectivity index (χ0n) is 11.8. The highest BCUT2D eigenvalue weighted by molar-refractivity contribution is 7.17. The Hall–Kier alpha value is -2.19. The van der Waals surface area contributed by atoms with Crippen LogP contribution < -0.4 is 15.4 Å². The van der Waals surface area contributed by atoms with Crippen molar-refractivity contribution in [2.75, 3.05) is 24.8 Å². The number of thiophene rings is 1. The van der Waals surface area contributed by atoms with Gasteiger partial charge in [0, 0.05) is 13.6 Å². The third-order valence-electron chi connectivity index (χ3n) is 3.07. The van der Waals surface area contributed by atoms with Crippen LogP contribution >= 0.6 is 11.3 Å². The third kappa shape index (κ3) is 2.70. The molecule has 0 aliphatic carbocycles. The number of nitrogens with two attached hydrogens (primary N) is 1.